The summed E-state index contributed by atoms with van der Waals surface area (Å²) >= 11 is 6.58. The summed E-state index contributed by atoms with van der Waals surface area (Å²) in [7, 11) is -14.2. The lowest BCUT2D eigenvalue weighted by Gasteiger charge is -2.23. The molecular weight excluding hydrogens is 1140 g/mol. The van der Waals surface area contributed by atoms with Crippen LogP contribution in [0.2, 0.25) is 5.02 Å². The number of alkyl halides is 8. The average molecular weight is 1180 g/mol. The molecule has 1 saturated carbocycles. The van der Waals surface area contributed by atoms with Gasteiger partial charge in [-0.25, -0.2) is 44.5 Å². The van der Waals surface area contributed by atoms with Crippen LogP contribution >= 0.6 is 19.4 Å². The van der Waals surface area contributed by atoms with Crippen LogP contribution in [0.4, 0.5) is 54.5 Å². The summed E-state index contributed by atoms with van der Waals surface area (Å²) in [6, 6.07) is 4.23. The summed E-state index contributed by atoms with van der Waals surface area (Å²) in [5.74, 6) is -8.21. The fraction of sp³-hybridized carbons (Fsp3) is 0.395. The molecule has 0 aliphatic heterocycles. The maximum absolute atomic E-state index is 15.6. The van der Waals surface area contributed by atoms with Crippen molar-refractivity contribution in [3.8, 4) is 23.0 Å². The number of carbonyl (C=O) groups is 3. The molecule has 3 aromatic heterocycles. The molecule has 0 radical (unpaired) electrons. The molecule has 3 atom stereocenters. The average Bonchev–Trinajstić information content (AvgIpc) is 3.82. The number of amides is 3. The number of pyridine rings is 1. The third-order valence-electron chi connectivity index (χ3n) is 11.9. The number of phosphoric acid groups is 1. The number of carbonyl (C=O) groups excluding carboxylic acids is 3. The number of anilines is 1. The number of aromatic nitrogens is 5. The van der Waals surface area contributed by atoms with E-state index in [2.05, 4.69) is 41.6 Å². The largest absolute Gasteiger partial charge is 0.472 e. The van der Waals surface area contributed by atoms with E-state index >= 15 is 8.78 Å². The molecule has 34 heteroatoms. The standard InChI is InChI=1S/C43H38ClF10N8O12PS2/c1-40(2,76(3,69)70)10-9-23-5-6-24(25-7-8-28(44)33-35(25)61(18-41(47,48)49)59-38(33)62(77(4,71)72)31(64)16-55-39(65)73-19-74-75(66,67)68)34(56-23)29(13-20-11-21(45)14-22(46)12-20)57-30(63)17-60-37-32(36(58-60)43(52,53)54)26-15-27(26)42(37,50)51/h5-8,11-12,14,26-27,29H,13,15-19H2,1-4H3,(H,55,65)(H,57,63)(H2,66,67,68)/t26-,27+,29-/m0/s1. The van der Waals surface area contributed by atoms with Crippen molar-refractivity contribution >= 4 is 73.9 Å². The maximum atomic E-state index is 15.6. The monoisotopic (exact) mass is 1180 g/mol. The van der Waals surface area contributed by atoms with Crippen molar-refractivity contribution in [1.29, 1.82) is 0 Å². The van der Waals surface area contributed by atoms with E-state index in [0.717, 1.165) is 42.7 Å². The molecule has 0 bridgehead atoms. The van der Waals surface area contributed by atoms with Crippen LogP contribution in [0.3, 0.4) is 0 Å². The predicted molar refractivity (Wildman–Crippen MR) is 248 cm³/mol. The molecule has 2 aliphatic rings. The van der Waals surface area contributed by atoms with Gasteiger partial charge in [-0.05, 0) is 74.4 Å². The van der Waals surface area contributed by atoms with Gasteiger partial charge in [0.15, 0.2) is 21.3 Å². The van der Waals surface area contributed by atoms with Gasteiger partial charge in [-0.2, -0.15) is 49.6 Å². The topological polar surface area (TPSA) is 271 Å². The minimum atomic E-state index is -5.26. The first-order valence-corrected chi connectivity index (χ1v) is 27.4. The summed E-state index contributed by atoms with van der Waals surface area (Å²) in [6.07, 6.45) is -12.0. The Balaban J connectivity index is 1.44. The summed E-state index contributed by atoms with van der Waals surface area (Å²) < 4.78 is 217. The van der Waals surface area contributed by atoms with Gasteiger partial charge in [0.2, 0.25) is 22.7 Å². The van der Waals surface area contributed by atoms with Crippen LogP contribution in [0.1, 0.15) is 66.1 Å². The lowest BCUT2D eigenvalue weighted by atomic mass is 9.93. The molecule has 0 unspecified atom stereocenters. The molecule has 77 heavy (non-hydrogen) atoms. The number of nitrogens with one attached hydrogen (secondary N) is 2. The minimum Gasteiger partial charge on any atom is -0.422 e. The Morgan fingerprint density at radius 1 is 0.974 bits per heavy atom. The number of phosphoric ester groups is 1. The number of rotatable bonds is 16. The van der Waals surface area contributed by atoms with Crippen LogP contribution in [0.5, 0.6) is 0 Å². The van der Waals surface area contributed by atoms with Crippen LogP contribution in [-0.4, -0.2) is 106 Å². The van der Waals surface area contributed by atoms with Crippen molar-refractivity contribution in [2.24, 2.45) is 5.92 Å². The molecule has 7 rings (SSSR count). The second kappa shape index (κ2) is 20.5. The van der Waals surface area contributed by atoms with Crippen LogP contribution in [0, 0.1) is 29.4 Å². The highest BCUT2D eigenvalue weighted by Gasteiger charge is 2.68. The number of nitrogens with zero attached hydrogens (tertiary/aromatic N) is 6. The van der Waals surface area contributed by atoms with Gasteiger partial charge in [-0.15, -0.1) is 0 Å². The summed E-state index contributed by atoms with van der Waals surface area (Å²) in [6.45, 7) is -3.80. The molecule has 0 saturated heterocycles. The van der Waals surface area contributed by atoms with E-state index in [-0.39, 0.29) is 31.3 Å². The Morgan fingerprint density at radius 3 is 2.19 bits per heavy atom. The highest BCUT2D eigenvalue weighted by molar-refractivity contribution is 7.93. The molecular formula is C43H38ClF10N8O12PS2. The Labute approximate surface area is 433 Å². The van der Waals surface area contributed by atoms with Gasteiger partial charge in [0.1, 0.15) is 47.4 Å². The highest BCUT2D eigenvalue weighted by Crippen LogP contribution is 2.68. The van der Waals surface area contributed by atoms with Crippen molar-refractivity contribution < 1.29 is 98.7 Å². The number of ether oxygens (including phenoxy) is 1. The lowest BCUT2D eigenvalue weighted by molar-refractivity contribution is -0.143. The molecule has 0 spiro atoms. The molecule has 3 heterocycles. The van der Waals surface area contributed by atoms with E-state index in [1.165, 1.54) is 13.8 Å². The second-order valence-corrected chi connectivity index (χ2v) is 24.0. The number of halogens is 11. The van der Waals surface area contributed by atoms with Crippen molar-refractivity contribution in [3.05, 3.63) is 93.0 Å². The number of benzene rings is 2. The first-order valence-electron chi connectivity index (χ1n) is 21.7. The normalized spacial score (nSPS) is 16.7. The molecule has 416 valence electrons. The number of sulfone groups is 1. The summed E-state index contributed by atoms with van der Waals surface area (Å²) in [5.41, 5.74) is -6.55. The fourth-order valence-electron chi connectivity index (χ4n) is 8.28. The molecule has 2 aliphatic carbocycles. The van der Waals surface area contributed by atoms with Gasteiger partial charge in [0.25, 0.3) is 11.8 Å². The Bertz CT molecular complexity index is 3580. The van der Waals surface area contributed by atoms with Crippen LogP contribution < -0.4 is 14.9 Å². The Morgan fingerprint density at radius 2 is 1.61 bits per heavy atom. The SMILES string of the molecule is CC(C)(C#Cc1ccc(-c2ccc(Cl)c3c(N(C(=O)CNC(=O)OCOP(=O)(O)O)S(C)(=O)=O)nn(CC(F)(F)F)c23)c([C@H](Cc2cc(F)cc(F)c2)NC(=O)Cn2nc(C(F)(F)F)c3c2C(F)(F)[C@@H]2C[C@H]32)n1)S(C)(=O)=O. The number of hydrogen-bond acceptors (Lipinski definition) is 13. The molecule has 4 N–H and O–H groups in total. The van der Waals surface area contributed by atoms with Gasteiger partial charge in [-0.1, -0.05) is 23.6 Å². The smallest absolute Gasteiger partial charge is 0.422 e. The molecule has 1 fully saturated rings. The fourth-order valence-corrected chi connectivity index (χ4v) is 9.82. The number of hydrogen-bond donors (Lipinski definition) is 4. The van der Waals surface area contributed by atoms with Crippen LogP contribution in [-0.2, 0) is 74.9 Å². The van der Waals surface area contributed by atoms with E-state index in [1.54, 1.807) is 5.32 Å². The zero-order valence-electron chi connectivity index (χ0n) is 39.6. The van der Waals surface area contributed by atoms with E-state index in [0.29, 0.717) is 12.3 Å². The quantitative estimate of drug-likeness (QED) is 0.0361. The van der Waals surface area contributed by atoms with E-state index in [9.17, 15) is 70.9 Å². The van der Waals surface area contributed by atoms with Crippen LogP contribution in [0.25, 0.3) is 22.0 Å². The van der Waals surface area contributed by atoms with Gasteiger partial charge < -0.3 is 25.2 Å². The number of alkyl carbamates (subject to hydrolysis) is 1. The Hall–Kier alpha value is -6.36. The summed E-state index contributed by atoms with van der Waals surface area (Å²) in [4.78, 5) is 62.2. The van der Waals surface area contributed by atoms with Crippen LogP contribution in [0.15, 0.2) is 42.5 Å². The zero-order chi connectivity index (χ0) is 57.3. The summed E-state index contributed by atoms with van der Waals surface area (Å²) in [5, 5.41) is 9.94. The molecule has 20 nitrogen and oxygen atoms in total. The van der Waals surface area contributed by atoms with Gasteiger partial charge >= 0.3 is 26.3 Å². The third kappa shape index (κ3) is 12.8. The van der Waals surface area contributed by atoms with Crippen molar-refractivity contribution in [2.75, 3.05) is 30.2 Å². The minimum absolute atomic E-state index is 0.140. The zero-order valence-corrected chi connectivity index (χ0v) is 42.9. The van der Waals surface area contributed by atoms with Gasteiger partial charge in [-0.3, -0.25) is 19.0 Å². The first-order chi connectivity index (χ1) is 35.3. The van der Waals surface area contributed by atoms with Gasteiger partial charge in [0.05, 0.1) is 33.9 Å². The number of sulfonamides is 1. The third-order valence-corrected chi connectivity index (χ3v) is 15.6. The first kappa shape index (κ1) is 58.3. The van der Waals surface area contributed by atoms with E-state index in [4.69, 9.17) is 21.4 Å². The second-order valence-electron chi connectivity index (χ2n) is 18.0. The molecule has 5 aromatic rings. The predicted octanol–water partition coefficient (Wildman–Crippen LogP) is 6.38. The molecule has 2 aromatic carbocycles. The number of fused-ring (bicyclic) bond motifs is 4. The van der Waals surface area contributed by atoms with Crippen molar-refractivity contribution in [2.45, 2.75) is 74.8 Å². The Kier molecular flexibility index (Phi) is 15.5. The van der Waals surface area contributed by atoms with E-state index < -0.39 is 186 Å². The molecule has 3 amide bonds. The van der Waals surface area contributed by atoms with Crippen molar-refractivity contribution in [3.63, 3.8) is 0 Å². The van der Waals surface area contributed by atoms with Crippen molar-refractivity contribution in [1.82, 2.24) is 35.2 Å². The highest BCUT2D eigenvalue weighted by atomic mass is 35.5. The lowest BCUT2D eigenvalue weighted by Crippen LogP contribution is -2.43. The maximum Gasteiger partial charge on any atom is 0.472 e. The van der Waals surface area contributed by atoms with Gasteiger partial charge in [0, 0.05) is 34.9 Å². The van der Waals surface area contributed by atoms with E-state index in [1.807, 2.05) is 0 Å².